The van der Waals surface area contributed by atoms with Gasteiger partial charge in [-0.1, -0.05) is 0 Å². The second-order valence-corrected chi connectivity index (χ2v) is 4.61. The fourth-order valence-electron chi connectivity index (χ4n) is 2.24. The number of aromatic nitrogens is 2. The van der Waals surface area contributed by atoms with Crippen LogP contribution in [-0.4, -0.2) is 34.3 Å². The van der Waals surface area contributed by atoms with Gasteiger partial charge in [0.1, 0.15) is 0 Å². The van der Waals surface area contributed by atoms with Crippen molar-refractivity contribution in [2.45, 2.75) is 45.2 Å². The smallest absolute Gasteiger partial charge is 0.306 e. The number of ether oxygens (including phenoxy) is 1. The lowest BCUT2D eigenvalue weighted by Gasteiger charge is -2.24. The first-order chi connectivity index (χ1) is 9.19. The molecule has 0 radical (unpaired) electrons. The highest BCUT2D eigenvalue weighted by atomic mass is 16.5. The third-order valence-electron chi connectivity index (χ3n) is 3.18. The summed E-state index contributed by atoms with van der Waals surface area (Å²) in [5, 5.41) is 7.15. The van der Waals surface area contributed by atoms with Crippen LogP contribution in [0.2, 0.25) is 0 Å². The van der Waals surface area contributed by atoms with E-state index in [-0.39, 0.29) is 30.8 Å². The number of esters is 1. The van der Waals surface area contributed by atoms with Crippen molar-refractivity contribution in [2.24, 2.45) is 0 Å². The molecule has 1 N–H and O–H groups in total. The van der Waals surface area contributed by atoms with Crippen LogP contribution < -0.4 is 5.32 Å². The normalized spacial score (nSPS) is 17.6. The molecule has 104 valence electrons. The van der Waals surface area contributed by atoms with Gasteiger partial charge in [0.2, 0.25) is 5.91 Å². The molecule has 1 aliphatic heterocycles. The first-order valence-electron chi connectivity index (χ1n) is 6.64. The van der Waals surface area contributed by atoms with Crippen LogP contribution in [-0.2, 0) is 27.3 Å². The largest absolute Gasteiger partial charge is 0.466 e. The molecular weight excluding hydrogens is 246 g/mol. The van der Waals surface area contributed by atoms with Gasteiger partial charge in [0.15, 0.2) is 0 Å². The summed E-state index contributed by atoms with van der Waals surface area (Å²) in [7, 11) is 0. The van der Waals surface area contributed by atoms with E-state index in [1.54, 1.807) is 13.1 Å². The zero-order chi connectivity index (χ0) is 13.7. The summed E-state index contributed by atoms with van der Waals surface area (Å²) in [6, 6.07) is 2.11. The Hall–Kier alpha value is -1.85. The summed E-state index contributed by atoms with van der Waals surface area (Å²) in [6.07, 6.45) is 3.78. The molecule has 0 saturated heterocycles. The molecule has 1 aromatic heterocycles. The molecule has 0 spiro atoms. The van der Waals surface area contributed by atoms with Gasteiger partial charge in [0.05, 0.1) is 13.0 Å². The van der Waals surface area contributed by atoms with Crippen molar-refractivity contribution in [1.29, 1.82) is 0 Å². The van der Waals surface area contributed by atoms with E-state index in [9.17, 15) is 9.59 Å². The van der Waals surface area contributed by atoms with Crippen molar-refractivity contribution in [3.05, 3.63) is 18.0 Å². The van der Waals surface area contributed by atoms with E-state index < -0.39 is 0 Å². The van der Waals surface area contributed by atoms with Crippen LogP contribution in [0.4, 0.5) is 0 Å². The zero-order valence-electron chi connectivity index (χ0n) is 11.1. The zero-order valence-corrected chi connectivity index (χ0v) is 11.1. The van der Waals surface area contributed by atoms with Gasteiger partial charge in [-0.25, -0.2) is 0 Å². The molecule has 2 rings (SSSR count). The van der Waals surface area contributed by atoms with Gasteiger partial charge in [-0.3, -0.25) is 14.3 Å². The molecule has 6 nitrogen and oxygen atoms in total. The maximum atomic E-state index is 11.7. The van der Waals surface area contributed by atoms with E-state index in [4.69, 9.17) is 4.74 Å². The van der Waals surface area contributed by atoms with Crippen molar-refractivity contribution in [3.63, 3.8) is 0 Å². The SMILES string of the molecule is CCOC(=O)CCC(=O)N[C@@H]1CCn2nccc2C1. The highest BCUT2D eigenvalue weighted by Gasteiger charge is 2.20. The molecule has 0 aliphatic carbocycles. The van der Waals surface area contributed by atoms with Crippen LogP contribution >= 0.6 is 0 Å². The summed E-state index contributed by atoms with van der Waals surface area (Å²) in [5.74, 6) is -0.412. The average molecular weight is 265 g/mol. The number of nitrogens with zero attached hydrogens (tertiary/aromatic N) is 2. The van der Waals surface area contributed by atoms with E-state index in [2.05, 4.69) is 10.4 Å². The highest BCUT2D eigenvalue weighted by Crippen LogP contribution is 2.13. The topological polar surface area (TPSA) is 73.2 Å². The van der Waals surface area contributed by atoms with Gasteiger partial charge in [0, 0.05) is 37.3 Å². The van der Waals surface area contributed by atoms with Gasteiger partial charge in [-0.15, -0.1) is 0 Å². The molecule has 6 heteroatoms. The quantitative estimate of drug-likeness (QED) is 0.794. The van der Waals surface area contributed by atoms with Crippen molar-refractivity contribution in [3.8, 4) is 0 Å². The summed E-state index contributed by atoms with van der Waals surface area (Å²) in [6.45, 7) is 2.93. The van der Waals surface area contributed by atoms with Gasteiger partial charge in [0.25, 0.3) is 0 Å². The molecule has 0 unspecified atom stereocenters. The third-order valence-corrected chi connectivity index (χ3v) is 3.18. The Labute approximate surface area is 112 Å². The number of carbonyl (C=O) groups is 2. The van der Waals surface area contributed by atoms with Gasteiger partial charge < -0.3 is 10.1 Å². The third kappa shape index (κ3) is 3.81. The van der Waals surface area contributed by atoms with Crippen LogP contribution in [0.1, 0.15) is 31.9 Å². The maximum absolute atomic E-state index is 11.7. The molecule has 2 heterocycles. The molecule has 0 aromatic carbocycles. The predicted molar refractivity (Wildman–Crippen MR) is 68.3 cm³/mol. The average Bonchev–Trinajstić information content (AvgIpc) is 2.84. The van der Waals surface area contributed by atoms with Crippen molar-refractivity contribution < 1.29 is 14.3 Å². The molecule has 1 amide bonds. The molecule has 0 saturated carbocycles. The lowest BCUT2D eigenvalue weighted by atomic mass is 10.0. The van der Waals surface area contributed by atoms with Crippen LogP contribution in [0.25, 0.3) is 0 Å². The number of hydrogen-bond donors (Lipinski definition) is 1. The number of carbonyl (C=O) groups excluding carboxylic acids is 2. The van der Waals surface area contributed by atoms with Crippen LogP contribution in [0.5, 0.6) is 0 Å². The summed E-state index contributed by atoms with van der Waals surface area (Å²) in [4.78, 5) is 22.9. The fraction of sp³-hybridized carbons (Fsp3) is 0.615. The Morgan fingerprint density at radius 3 is 3.16 bits per heavy atom. The number of fused-ring (bicyclic) bond motifs is 1. The van der Waals surface area contributed by atoms with Gasteiger partial charge >= 0.3 is 5.97 Å². The molecule has 1 aliphatic rings. The van der Waals surface area contributed by atoms with E-state index in [1.807, 2.05) is 10.7 Å². The number of rotatable bonds is 5. The minimum atomic E-state index is -0.320. The Kier molecular flexibility index (Phi) is 4.54. The lowest BCUT2D eigenvalue weighted by molar-refractivity contribution is -0.144. The van der Waals surface area contributed by atoms with Crippen molar-refractivity contribution in [2.75, 3.05) is 6.61 Å². The Morgan fingerprint density at radius 2 is 2.37 bits per heavy atom. The Morgan fingerprint density at radius 1 is 1.53 bits per heavy atom. The molecule has 19 heavy (non-hydrogen) atoms. The maximum Gasteiger partial charge on any atom is 0.306 e. The molecule has 1 aromatic rings. The predicted octanol–water partition coefficient (Wildman–Crippen LogP) is 0.657. The van der Waals surface area contributed by atoms with Crippen molar-refractivity contribution >= 4 is 11.9 Å². The Balaban J connectivity index is 1.73. The molecular formula is C13H19N3O3. The second-order valence-electron chi connectivity index (χ2n) is 4.61. The van der Waals surface area contributed by atoms with Crippen LogP contribution in [0.15, 0.2) is 12.3 Å². The standard InChI is InChI=1S/C13H19N3O3/c1-2-19-13(18)4-3-12(17)15-10-6-8-16-11(9-10)5-7-14-16/h5,7,10H,2-4,6,8-9H2,1H3,(H,15,17)/t10-/m1/s1. The minimum Gasteiger partial charge on any atom is -0.466 e. The second kappa shape index (κ2) is 6.36. The fourth-order valence-corrected chi connectivity index (χ4v) is 2.24. The lowest BCUT2D eigenvalue weighted by Crippen LogP contribution is -2.40. The molecule has 0 bridgehead atoms. The summed E-state index contributed by atoms with van der Waals surface area (Å²) >= 11 is 0. The minimum absolute atomic E-state index is 0.0916. The number of hydrogen-bond acceptors (Lipinski definition) is 4. The highest BCUT2D eigenvalue weighted by molar-refractivity contribution is 5.81. The summed E-state index contributed by atoms with van der Waals surface area (Å²) in [5.41, 5.74) is 1.14. The first-order valence-corrected chi connectivity index (χ1v) is 6.64. The Bertz CT molecular complexity index is 456. The van der Waals surface area contributed by atoms with Crippen molar-refractivity contribution in [1.82, 2.24) is 15.1 Å². The van der Waals surface area contributed by atoms with Crippen LogP contribution in [0.3, 0.4) is 0 Å². The van der Waals surface area contributed by atoms with Crippen LogP contribution in [0, 0.1) is 0 Å². The van der Waals surface area contributed by atoms with E-state index >= 15 is 0 Å². The first kappa shape index (κ1) is 13.6. The molecule has 1 atom stereocenters. The number of amides is 1. The number of aryl methyl sites for hydroxylation is 1. The summed E-state index contributed by atoms with van der Waals surface area (Å²) < 4.78 is 6.75. The van der Waals surface area contributed by atoms with Gasteiger partial charge in [-0.2, -0.15) is 5.10 Å². The molecule has 0 fully saturated rings. The van der Waals surface area contributed by atoms with E-state index in [0.717, 1.165) is 25.1 Å². The van der Waals surface area contributed by atoms with E-state index in [1.165, 1.54) is 0 Å². The van der Waals surface area contributed by atoms with E-state index in [0.29, 0.717) is 6.61 Å². The van der Waals surface area contributed by atoms with Gasteiger partial charge in [-0.05, 0) is 19.4 Å². The number of nitrogens with one attached hydrogen (secondary N) is 1. The monoisotopic (exact) mass is 265 g/mol.